The average Bonchev–Trinajstić information content (AvgIpc) is 2.71. The number of benzene rings is 1. The van der Waals surface area contributed by atoms with Crippen LogP contribution in [0.15, 0.2) is 23.8 Å². The highest BCUT2D eigenvalue weighted by molar-refractivity contribution is 5.67. The first-order valence-corrected chi connectivity index (χ1v) is 12.7. The Morgan fingerprint density at radius 2 is 2.03 bits per heavy atom. The summed E-state index contributed by atoms with van der Waals surface area (Å²) in [5, 5.41) is 31.4. The van der Waals surface area contributed by atoms with Crippen molar-refractivity contribution in [3.8, 4) is 11.5 Å². The van der Waals surface area contributed by atoms with Gasteiger partial charge in [0.15, 0.2) is 0 Å². The highest BCUT2D eigenvalue weighted by atomic mass is 16.5. The fraction of sp³-hybridized carbons (Fsp3) is 0.679. The monoisotopic (exact) mass is 471 g/mol. The molecule has 0 radical (unpaired) electrons. The number of fused-ring (bicyclic) bond motifs is 3. The van der Waals surface area contributed by atoms with Gasteiger partial charge in [0.1, 0.15) is 17.1 Å². The summed E-state index contributed by atoms with van der Waals surface area (Å²) in [5.74, 6) is 0.764. The number of hydrogen-bond acceptors (Lipinski definition) is 5. The van der Waals surface area contributed by atoms with Crippen LogP contribution < -0.4 is 4.74 Å². The number of aromatic hydroxyl groups is 1. The van der Waals surface area contributed by atoms with Crippen molar-refractivity contribution in [3.05, 3.63) is 34.9 Å². The quantitative estimate of drug-likeness (QED) is 0.533. The van der Waals surface area contributed by atoms with Crippen LogP contribution in [0.5, 0.6) is 11.5 Å². The number of β-amino-alcohol motifs (C(OH)–C–C–N with tert-alkyl or cyclic N) is 1. The lowest BCUT2D eigenvalue weighted by molar-refractivity contribution is -0.138. The van der Waals surface area contributed by atoms with E-state index in [4.69, 9.17) is 9.84 Å². The number of aliphatic carboxylic acids is 1. The smallest absolute Gasteiger partial charge is 0.303 e. The molecule has 0 spiro atoms. The predicted octanol–water partition coefficient (Wildman–Crippen LogP) is 4.83. The van der Waals surface area contributed by atoms with E-state index in [1.807, 2.05) is 6.07 Å². The first-order valence-electron chi connectivity index (χ1n) is 12.7. The third kappa shape index (κ3) is 5.13. The van der Waals surface area contributed by atoms with Gasteiger partial charge in [0.2, 0.25) is 0 Å². The van der Waals surface area contributed by atoms with Gasteiger partial charge in [-0.3, -0.25) is 4.79 Å². The highest BCUT2D eigenvalue weighted by Crippen LogP contribution is 2.55. The predicted molar refractivity (Wildman–Crippen MR) is 132 cm³/mol. The maximum atomic E-state index is 11.2. The first-order chi connectivity index (χ1) is 15.8. The van der Waals surface area contributed by atoms with Gasteiger partial charge in [-0.25, -0.2) is 0 Å². The number of carboxylic acid groups (broad SMARTS) is 1. The number of aliphatic hydroxyl groups excluding tert-OH is 1. The topological polar surface area (TPSA) is 90.2 Å². The van der Waals surface area contributed by atoms with Crippen molar-refractivity contribution in [1.82, 2.24) is 4.90 Å². The molecule has 2 heterocycles. The maximum Gasteiger partial charge on any atom is 0.303 e. The fourth-order valence-electron chi connectivity index (χ4n) is 6.22. The van der Waals surface area contributed by atoms with E-state index in [9.17, 15) is 15.0 Å². The fourth-order valence-corrected chi connectivity index (χ4v) is 6.22. The Morgan fingerprint density at radius 1 is 1.29 bits per heavy atom. The van der Waals surface area contributed by atoms with Crippen LogP contribution in [0.3, 0.4) is 0 Å². The molecule has 1 aliphatic carbocycles. The number of carboxylic acids is 1. The normalized spacial score (nSPS) is 27.7. The van der Waals surface area contributed by atoms with Crippen LogP contribution in [-0.2, 0) is 10.2 Å². The van der Waals surface area contributed by atoms with E-state index < -0.39 is 12.1 Å². The van der Waals surface area contributed by atoms with Gasteiger partial charge in [0.25, 0.3) is 0 Å². The number of ether oxygens (including phenoxy) is 1. The first kappa shape index (κ1) is 25.1. The molecule has 1 saturated heterocycles. The average molecular weight is 472 g/mol. The van der Waals surface area contributed by atoms with Crippen LogP contribution in [0.2, 0.25) is 0 Å². The van der Waals surface area contributed by atoms with Crippen molar-refractivity contribution >= 4 is 5.97 Å². The van der Waals surface area contributed by atoms with E-state index in [2.05, 4.69) is 51.7 Å². The van der Waals surface area contributed by atoms with Crippen molar-refractivity contribution in [3.63, 3.8) is 0 Å². The summed E-state index contributed by atoms with van der Waals surface area (Å²) < 4.78 is 6.46. The third-order valence-corrected chi connectivity index (χ3v) is 8.12. The van der Waals surface area contributed by atoms with E-state index >= 15 is 0 Å². The molecule has 1 aromatic rings. The second-order valence-electron chi connectivity index (χ2n) is 12.2. The summed E-state index contributed by atoms with van der Waals surface area (Å²) in [4.78, 5) is 13.3. The molecule has 6 heteroatoms. The van der Waals surface area contributed by atoms with E-state index in [1.54, 1.807) is 0 Å². The zero-order chi connectivity index (χ0) is 24.8. The van der Waals surface area contributed by atoms with Crippen LogP contribution in [0, 0.1) is 11.8 Å². The molecule has 0 aromatic heterocycles. The molecular weight excluding hydrogens is 430 g/mol. The summed E-state index contributed by atoms with van der Waals surface area (Å²) in [6, 6.07) is 3.96. The molecule has 3 N–H and O–H groups in total. The van der Waals surface area contributed by atoms with E-state index in [0.29, 0.717) is 13.0 Å². The van der Waals surface area contributed by atoms with Crippen LogP contribution >= 0.6 is 0 Å². The van der Waals surface area contributed by atoms with Crippen LogP contribution in [0.4, 0.5) is 0 Å². The van der Waals surface area contributed by atoms with Crippen LogP contribution in [-0.4, -0.2) is 57.5 Å². The van der Waals surface area contributed by atoms with Gasteiger partial charge in [0.05, 0.1) is 6.10 Å². The minimum Gasteiger partial charge on any atom is -0.508 e. The molecule has 1 aromatic carbocycles. The lowest BCUT2D eigenvalue weighted by atomic mass is 9.66. The molecule has 1 unspecified atom stereocenters. The molecule has 1 fully saturated rings. The molecule has 4 rings (SSSR count). The molecule has 6 nitrogen and oxygen atoms in total. The number of likely N-dealkylation sites (tertiary alicyclic amines) is 1. The number of nitrogens with zero attached hydrogens (tertiary/aromatic N) is 1. The van der Waals surface area contributed by atoms with Crippen LogP contribution in [0.25, 0.3) is 0 Å². The molecule has 0 amide bonds. The molecule has 3 aliphatic rings. The van der Waals surface area contributed by atoms with Gasteiger partial charge in [-0.05, 0) is 80.7 Å². The Hall–Kier alpha value is -2.05. The summed E-state index contributed by atoms with van der Waals surface area (Å²) in [5.41, 5.74) is 2.46. The third-order valence-electron chi connectivity index (χ3n) is 8.12. The lowest BCUT2D eigenvalue weighted by Crippen LogP contribution is -2.47. The summed E-state index contributed by atoms with van der Waals surface area (Å²) in [6.07, 6.45) is 5.17. The van der Waals surface area contributed by atoms with Crippen molar-refractivity contribution in [2.45, 2.75) is 89.8 Å². The summed E-state index contributed by atoms with van der Waals surface area (Å²) in [7, 11) is 0. The van der Waals surface area contributed by atoms with Crippen LogP contribution in [0.1, 0.15) is 83.8 Å². The maximum absolute atomic E-state index is 11.2. The summed E-state index contributed by atoms with van der Waals surface area (Å²) >= 11 is 0. The minimum atomic E-state index is -0.747. The van der Waals surface area contributed by atoms with Gasteiger partial charge in [0, 0.05) is 36.9 Å². The highest BCUT2D eigenvalue weighted by Gasteiger charge is 2.47. The zero-order valence-corrected chi connectivity index (χ0v) is 21.3. The molecule has 188 valence electrons. The number of carbonyl (C=O) groups is 1. The van der Waals surface area contributed by atoms with Crippen molar-refractivity contribution in [2.75, 3.05) is 19.6 Å². The Balaban J connectivity index is 1.54. The van der Waals surface area contributed by atoms with Crippen molar-refractivity contribution in [1.29, 1.82) is 0 Å². The molecule has 2 aliphatic heterocycles. The Morgan fingerprint density at radius 3 is 2.71 bits per heavy atom. The SMILES string of the molecule is CC(C)(C)c1cc(O)c2c(c1)OC(C)(C)[C@@H]1CC=C(C(O)CN3CCC[C@@H](CC(=O)O)C3)C[C@@H]21. The van der Waals surface area contributed by atoms with Crippen molar-refractivity contribution < 1.29 is 24.9 Å². The molecule has 4 atom stereocenters. The number of phenols is 1. The van der Waals surface area contributed by atoms with E-state index in [0.717, 1.165) is 54.8 Å². The number of hydrogen-bond donors (Lipinski definition) is 3. The second kappa shape index (κ2) is 9.19. The lowest BCUT2D eigenvalue weighted by Gasteiger charge is -2.48. The molecular formula is C28H41NO5. The number of phenolic OH excluding ortho intramolecular Hbond substituents is 1. The molecule has 0 bridgehead atoms. The number of rotatable bonds is 5. The van der Waals surface area contributed by atoms with Gasteiger partial charge in [-0.15, -0.1) is 0 Å². The van der Waals surface area contributed by atoms with Crippen molar-refractivity contribution in [2.24, 2.45) is 11.8 Å². The van der Waals surface area contributed by atoms with Gasteiger partial charge >= 0.3 is 5.97 Å². The Labute approximate surface area is 203 Å². The number of piperidine rings is 1. The minimum absolute atomic E-state index is 0.0866. The summed E-state index contributed by atoms with van der Waals surface area (Å²) in [6.45, 7) is 12.8. The van der Waals surface area contributed by atoms with E-state index in [1.165, 1.54) is 0 Å². The van der Waals surface area contributed by atoms with Gasteiger partial charge < -0.3 is 25.0 Å². The number of aliphatic hydroxyl groups is 1. The van der Waals surface area contributed by atoms with E-state index in [-0.39, 0.29) is 40.9 Å². The Kier molecular flexibility index (Phi) is 6.78. The Bertz CT molecular complexity index is 960. The van der Waals surface area contributed by atoms with Gasteiger partial charge in [-0.1, -0.05) is 26.8 Å². The molecule has 0 saturated carbocycles. The largest absolute Gasteiger partial charge is 0.508 e. The second-order valence-corrected chi connectivity index (χ2v) is 12.2. The zero-order valence-electron chi connectivity index (χ0n) is 21.3. The standard InChI is InChI=1S/C28H41NO5/c1-27(2,3)19-13-22(30)26-20-12-18(8-9-21(20)28(4,5)34-24(26)14-19)23(31)16-29-10-6-7-17(15-29)11-25(32)33/h8,13-14,17,20-21,23,30-31H,6-7,9-12,15-16H2,1-5H3,(H,32,33)/t17-,20+,21+,23?/m0/s1. The molecule has 34 heavy (non-hydrogen) atoms. The number of allylic oxidation sites excluding steroid dienone is 1. The van der Waals surface area contributed by atoms with Gasteiger partial charge in [-0.2, -0.15) is 0 Å².